The maximum Gasteiger partial charge on any atom is 0.306 e. The molecule has 0 heterocycles. The molecule has 0 saturated heterocycles. The Labute approximate surface area is 123 Å². The summed E-state index contributed by atoms with van der Waals surface area (Å²) in [7, 11) is 0. The molecule has 2 rings (SSSR count). The number of carboxylic acids is 1. The van der Waals surface area contributed by atoms with Gasteiger partial charge in [-0.05, 0) is 56.3 Å². The highest BCUT2D eigenvalue weighted by Crippen LogP contribution is 2.28. The Morgan fingerprint density at radius 1 is 1.38 bits per heavy atom. The molecule has 0 spiro atoms. The zero-order valence-electron chi connectivity index (χ0n) is 11.8. The van der Waals surface area contributed by atoms with E-state index >= 15 is 0 Å². The van der Waals surface area contributed by atoms with Gasteiger partial charge in [0, 0.05) is 12.1 Å². The van der Waals surface area contributed by atoms with Gasteiger partial charge in [0.05, 0.1) is 17.6 Å². The first-order chi connectivity index (χ1) is 10.1. The van der Waals surface area contributed by atoms with Crippen LogP contribution in [-0.4, -0.2) is 17.6 Å². The highest BCUT2D eigenvalue weighted by molar-refractivity contribution is 5.69. The van der Waals surface area contributed by atoms with Crippen molar-refractivity contribution in [3.8, 4) is 6.07 Å². The fraction of sp³-hybridized carbons (Fsp3) is 0.500. The third kappa shape index (κ3) is 4.27. The monoisotopic (exact) mass is 290 g/mol. The van der Waals surface area contributed by atoms with E-state index in [1.165, 1.54) is 12.1 Å². The molecule has 1 saturated carbocycles. The normalized spacial score (nSPS) is 21.7. The van der Waals surface area contributed by atoms with Crippen LogP contribution in [-0.2, 0) is 11.3 Å². The number of hydrogen-bond donors (Lipinski definition) is 2. The molecule has 0 aromatic heterocycles. The molecule has 0 amide bonds. The topological polar surface area (TPSA) is 73.1 Å². The fourth-order valence-corrected chi connectivity index (χ4v) is 2.80. The van der Waals surface area contributed by atoms with Crippen molar-refractivity contribution in [2.24, 2.45) is 11.8 Å². The lowest BCUT2D eigenvalue weighted by Crippen LogP contribution is -2.28. The van der Waals surface area contributed by atoms with Crippen molar-refractivity contribution in [2.45, 2.75) is 32.2 Å². The van der Waals surface area contributed by atoms with Gasteiger partial charge in [-0.1, -0.05) is 0 Å². The molecule has 0 atom stereocenters. The molecule has 1 aliphatic carbocycles. The second kappa shape index (κ2) is 7.19. The molecular formula is C16H19FN2O2. The number of aliphatic carboxylic acids is 1. The third-order valence-corrected chi connectivity index (χ3v) is 4.12. The summed E-state index contributed by atoms with van der Waals surface area (Å²) in [6, 6.07) is 6.34. The maximum atomic E-state index is 13.6. The van der Waals surface area contributed by atoms with E-state index in [2.05, 4.69) is 5.32 Å². The van der Waals surface area contributed by atoms with Gasteiger partial charge in [0.2, 0.25) is 0 Å². The van der Waals surface area contributed by atoms with Crippen LogP contribution in [0.15, 0.2) is 18.2 Å². The van der Waals surface area contributed by atoms with E-state index in [0.29, 0.717) is 23.6 Å². The van der Waals surface area contributed by atoms with Crippen LogP contribution in [0.4, 0.5) is 4.39 Å². The van der Waals surface area contributed by atoms with Crippen molar-refractivity contribution in [2.75, 3.05) is 6.54 Å². The average molecular weight is 290 g/mol. The highest BCUT2D eigenvalue weighted by Gasteiger charge is 2.25. The Bertz CT molecular complexity index is 546. The average Bonchev–Trinajstić information content (AvgIpc) is 2.49. The molecule has 4 nitrogen and oxygen atoms in total. The van der Waals surface area contributed by atoms with Gasteiger partial charge in [0.15, 0.2) is 0 Å². The molecule has 1 aromatic rings. The van der Waals surface area contributed by atoms with E-state index < -0.39 is 5.97 Å². The molecule has 0 radical (unpaired) electrons. The number of benzene rings is 1. The van der Waals surface area contributed by atoms with Crippen molar-refractivity contribution in [1.82, 2.24) is 5.32 Å². The van der Waals surface area contributed by atoms with Gasteiger partial charge in [0.25, 0.3) is 0 Å². The number of carboxylic acid groups (broad SMARTS) is 1. The number of carbonyl (C=O) groups is 1. The summed E-state index contributed by atoms with van der Waals surface area (Å²) in [5.74, 6) is -0.762. The van der Waals surface area contributed by atoms with Gasteiger partial charge >= 0.3 is 5.97 Å². The summed E-state index contributed by atoms with van der Waals surface area (Å²) >= 11 is 0. The van der Waals surface area contributed by atoms with E-state index in [4.69, 9.17) is 10.4 Å². The van der Waals surface area contributed by atoms with Crippen LogP contribution in [0.2, 0.25) is 0 Å². The molecular weight excluding hydrogens is 271 g/mol. The molecule has 21 heavy (non-hydrogen) atoms. The molecule has 1 aliphatic rings. The predicted molar refractivity (Wildman–Crippen MR) is 75.9 cm³/mol. The molecule has 0 bridgehead atoms. The zero-order valence-corrected chi connectivity index (χ0v) is 11.8. The lowest BCUT2D eigenvalue weighted by atomic mass is 9.82. The molecule has 112 valence electrons. The van der Waals surface area contributed by atoms with Gasteiger partial charge in [-0.15, -0.1) is 0 Å². The van der Waals surface area contributed by atoms with Crippen LogP contribution in [0.5, 0.6) is 0 Å². The van der Waals surface area contributed by atoms with Crippen molar-refractivity contribution < 1.29 is 14.3 Å². The number of nitrogens with zero attached hydrogens (tertiary/aromatic N) is 1. The van der Waals surface area contributed by atoms with E-state index in [1.54, 1.807) is 6.07 Å². The maximum absolute atomic E-state index is 13.6. The summed E-state index contributed by atoms with van der Waals surface area (Å²) < 4.78 is 13.6. The quantitative estimate of drug-likeness (QED) is 0.874. The largest absolute Gasteiger partial charge is 0.481 e. The van der Waals surface area contributed by atoms with Crippen molar-refractivity contribution in [3.63, 3.8) is 0 Å². The Morgan fingerprint density at radius 3 is 2.71 bits per heavy atom. The van der Waals surface area contributed by atoms with E-state index in [1.807, 2.05) is 6.07 Å². The second-order valence-electron chi connectivity index (χ2n) is 5.60. The summed E-state index contributed by atoms with van der Waals surface area (Å²) in [4.78, 5) is 10.9. The minimum Gasteiger partial charge on any atom is -0.481 e. The summed E-state index contributed by atoms with van der Waals surface area (Å²) in [5, 5.41) is 21.0. The van der Waals surface area contributed by atoms with Gasteiger partial charge in [-0.3, -0.25) is 4.79 Å². The lowest BCUT2D eigenvalue weighted by Gasteiger charge is -2.26. The van der Waals surface area contributed by atoms with Gasteiger partial charge in [-0.2, -0.15) is 5.26 Å². The molecule has 0 aliphatic heterocycles. The van der Waals surface area contributed by atoms with Crippen LogP contribution in [0.25, 0.3) is 0 Å². The van der Waals surface area contributed by atoms with E-state index in [0.717, 1.165) is 32.2 Å². The molecule has 1 fully saturated rings. The van der Waals surface area contributed by atoms with E-state index in [-0.39, 0.29) is 11.7 Å². The number of hydrogen-bond acceptors (Lipinski definition) is 3. The summed E-state index contributed by atoms with van der Waals surface area (Å²) in [5.41, 5.74) is 0.948. The van der Waals surface area contributed by atoms with Crippen molar-refractivity contribution in [3.05, 3.63) is 35.1 Å². The van der Waals surface area contributed by atoms with Crippen LogP contribution < -0.4 is 5.32 Å². The van der Waals surface area contributed by atoms with E-state index in [9.17, 15) is 9.18 Å². The predicted octanol–water partition coefficient (Wildman–Crippen LogP) is 2.68. The second-order valence-corrected chi connectivity index (χ2v) is 5.60. The third-order valence-electron chi connectivity index (χ3n) is 4.12. The molecule has 5 heteroatoms. The first kappa shape index (κ1) is 15.5. The number of halogens is 1. The van der Waals surface area contributed by atoms with Crippen LogP contribution >= 0.6 is 0 Å². The van der Waals surface area contributed by atoms with Gasteiger partial charge < -0.3 is 10.4 Å². The Kier molecular flexibility index (Phi) is 5.29. The lowest BCUT2D eigenvalue weighted by molar-refractivity contribution is -0.143. The standard InChI is InChI=1S/C16H19FN2O2/c17-15-6-3-12(8-18)7-14(15)10-19-9-11-1-4-13(5-2-11)16(20)21/h3,6-7,11,13,19H,1-2,4-5,9-10H2,(H,20,21). The molecule has 1 aromatic carbocycles. The van der Waals surface area contributed by atoms with Crippen LogP contribution in [0, 0.1) is 29.0 Å². The van der Waals surface area contributed by atoms with Gasteiger partial charge in [0.1, 0.15) is 5.82 Å². The highest BCUT2D eigenvalue weighted by atomic mass is 19.1. The van der Waals surface area contributed by atoms with Crippen LogP contribution in [0.1, 0.15) is 36.8 Å². The Morgan fingerprint density at radius 2 is 2.10 bits per heavy atom. The SMILES string of the molecule is N#Cc1ccc(F)c(CNCC2CCC(C(=O)O)CC2)c1. The fourth-order valence-electron chi connectivity index (χ4n) is 2.80. The first-order valence-corrected chi connectivity index (χ1v) is 7.22. The first-order valence-electron chi connectivity index (χ1n) is 7.22. The van der Waals surface area contributed by atoms with Gasteiger partial charge in [-0.25, -0.2) is 4.39 Å². The van der Waals surface area contributed by atoms with Crippen molar-refractivity contribution in [1.29, 1.82) is 5.26 Å². The minimum absolute atomic E-state index is 0.203. The number of nitrogens with one attached hydrogen (secondary N) is 1. The van der Waals surface area contributed by atoms with Crippen LogP contribution in [0.3, 0.4) is 0 Å². The molecule has 0 unspecified atom stereocenters. The Balaban J connectivity index is 1.78. The number of rotatable bonds is 5. The summed E-state index contributed by atoms with van der Waals surface area (Å²) in [6.45, 7) is 1.14. The molecule has 2 N–H and O–H groups in total. The zero-order chi connectivity index (χ0) is 15.2. The summed E-state index contributed by atoms with van der Waals surface area (Å²) in [6.07, 6.45) is 3.23. The van der Waals surface area contributed by atoms with Crippen molar-refractivity contribution >= 4 is 5.97 Å². The smallest absolute Gasteiger partial charge is 0.306 e. The Hall–Kier alpha value is -1.93. The minimum atomic E-state index is -0.697. The number of nitriles is 1.